The summed E-state index contributed by atoms with van der Waals surface area (Å²) in [6, 6.07) is 5.13. The van der Waals surface area contributed by atoms with Crippen molar-refractivity contribution in [2.45, 2.75) is 38.8 Å². The quantitative estimate of drug-likeness (QED) is 0.790. The Morgan fingerprint density at radius 2 is 2.19 bits per heavy atom. The Morgan fingerprint density at radius 1 is 1.42 bits per heavy atom. The molecule has 0 bridgehead atoms. The van der Waals surface area contributed by atoms with Gasteiger partial charge in [-0.1, -0.05) is 29.8 Å². The minimum absolute atomic E-state index is 0.0468. The highest BCUT2D eigenvalue weighted by Gasteiger charge is 2.37. The fourth-order valence-corrected chi connectivity index (χ4v) is 3.70. The molecule has 1 saturated heterocycles. The third-order valence-corrected chi connectivity index (χ3v) is 5.20. The Labute approximate surface area is 160 Å². The van der Waals surface area contributed by atoms with E-state index in [0.29, 0.717) is 6.54 Å². The van der Waals surface area contributed by atoms with Crippen molar-refractivity contribution in [2.24, 2.45) is 5.92 Å². The van der Waals surface area contributed by atoms with E-state index in [9.17, 15) is 9.59 Å². The Balaban J connectivity index is 1.85. The van der Waals surface area contributed by atoms with Crippen molar-refractivity contribution in [3.63, 3.8) is 0 Å². The molecule has 0 radical (unpaired) electrons. The Bertz CT molecular complexity index is 820. The first-order chi connectivity index (χ1) is 12.4. The van der Waals surface area contributed by atoms with E-state index in [1.54, 1.807) is 0 Å². The smallest absolute Gasteiger partial charge is 0.407 e. The summed E-state index contributed by atoms with van der Waals surface area (Å²) in [6.07, 6.45) is 1.15. The lowest BCUT2D eigenvalue weighted by atomic mass is 10.0. The van der Waals surface area contributed by atoms with Crippen LogP contribution in [0.25, 0.3) is 11.0 Å². The van der Waals surface area contributed by atoms with Crippen molar-refractivity contribution >= 4 is 39.0 Å². The van der Waals surface area contributed by atoms with Crippen molar-refractivity contribution in [3.8, 4) is 0 Å². The summed E-state index contributed by atoms with van der Waals surface area (Å²) in [5, 5.41) is 2.66. The van der Waals surface area contributed by atoms with Gasteiger partial charge in [-0.2, -0.15) is 0 Å². The molecule has 2 amide bonds. The number of ether oxygens (including phenoxy) is 1. The molecule has 1 aliphatic rings. The van der Waals surface area contributed by atoms with Gasteiger partial charge in [-0.05, 0) is 37.0 Å². The number of nitrogens with one attached hydrogen (secondary N) is 2. The zero-order chi connectivity index (χ0) is 18.8. The number of hydrogen-bond donors (Lipinski definition) is 2. The first-order valence-electron chi connectivity index (χ1n) is 8.71. The van der Waals surface area contributed by atoms with Crippen molar-refractivity contribution in [1.29, 1.82) is 0 Å². The molecule has 140 valence electrons. The molecule has 0 unspecified atom stereocenters. The van der Waals surface area contributed by atoms with Crippen LogP contribution in [0.4, 0.5) is 4.79 Å². The number of aromatic nitrogens is 2. The first-order valence-corrected chi connectivity index (χ1v) is 9.50. The number of imidazole rings is 1. The number of amides is 2. The van der Waals surface area contributed by atoms with E-state index >= 15 is 0 Å². The molecule has 7 nitrogen and oxygen atoms in total. The Kier molecular flexibility index (Phi) is 5.50. The second-order valence-electron chi connectivity index (χ2n) is 6.83. The molecule has 0 aliphatic carbocycles. The van der Waals surface area contributed by atoms with E-state index in [0.717, 1.165) is 34.2 Å². The molecule has 3 rings (SSSR count). The van der Waals surface area contributed by atoms with E-state index in [2.05, 4.69) is 36.0 Å². The van der Waals surface area contributed by atoms with Gasteiger partial charge in [0.1, 0.15) is 11.9 Å². The summed E-state index contributed by atoms with van der Waals surface area (Å²) >= 11 is 3.45. The van der Waals surface area contributed by atoms with Gasteiger partial charge < -0.3 is 19.9 Å². The lowest BCUT2D eigenvalue weighted by molar-refractivity contribution is -0.135. The largest absolute Gasteiger partial charge is 0.453 e. The van der Waals surface area contributed by atoms with Crippen LogP contribution in [-0.4, -0.2) is 46.6 Å². The standard InChI is InChI=1S/C18H23BrN4O3/c1-10(2)15(22-18(25)26-3)17(24)23-8-4-5-14(23)16-20-12-7-6-11(19)9-13(12)21-16/h6-7,9-10,14-15H,4-5,8H2,1-3H3,(H,20,21)(H,22,25)/t14-,15-/m0/s1. The van der Waals surface area contributed by atoms with E-state index in [-0.39, 0.29) is 17.9 Å². The Hall–Kier alpha value is -2.09. The highest BCUT2D eigenvalue weighted by Crippen LogP contribution is 2.33. The summed E-state index contributed by atoms with van der Waals surface area (Å²) in [7, 11) is 1.29. The summed E-state index contributed by atoms with van der Waals surface area (Å²) in [4.78, 5) is 34.5. The predicted molar refractivity (Wildman–Crippen MR) is 102 cm³/mol. The zero-order valence-corrected chi connectivity index (χ0v) is 16.7. The molecule has 26 heavy (non-hydrogen) atoms. The maximum Gasteiger partial charge on any atom is 0.407 e. The highest BCUT2D eigenvalue weighted by atomic mass is 79.9. The number of fused-ring (bicyclic) bond motifs is 1. The average Bonchev–Trinajstić information content (AvgIpc) is 3.24. The fourth-order valence-electron chi connectivity index (χ4n) is 3.35. The summed E-state index contributed by atoms with van der Waals surface area (Å²) in [6.45, 7) is 4.46. The van der Waals surface area contributed by atoms with E-state index in [1.807, 2.05) is 36.9 Å². The minimum Gasteiger partial charge on any atom is -0.453 e. The number of likely N-dealkylation sites (tertiary alicyclic amines) is 1. The third kappa shape index (κ3) is 3.70. The van der Waals surface area contributed by atoms with Gasteiger partial charge in [-0.3, -0.25) is 4.79 Å². The van der Waals surface area contributed by atoms with Gasteiger partial charge in [0.2, 0.25) is 5.91 Å². The van der Waals surface area contributed by atoms with Gasteiger partial charge in [0, 0.05) is 11.0 Å². The number of aromatic amines is 1. The molecular formula is C18H23BrN4O3. The van der Waals surface area contributed by atoms with Crippen LogP contribution in [-0.2, 0) is 9.53 Å². The van der Waals surface area contributed by atoms with Crippen molar-refractivity contribution in [2.75, 3.05) is 13.7 Å². The molecule has 2 N–H and O–H groups in total. The Morgan fingerprint density at radius 3 is 2.88 bits per heavy atom. The van der Waals surface area contributed by atoms with Crippen LogP contribution < -0.4 is 5.32 Å². The zero-order valence-electron chi connectivity index (χ0n) is 15.1. The topological polar surface area (TPSA) is 87.3 Å². The fraction of sp³-hybridized carbons (Fsp3) is 0.500. The molecule has 0 spiro atoms. The number of H-pyrrole nitrogens is 1. The lowest BCUT2D eigenvalue weighted by Gasteiger charge is -2.29. The number of halogens is 1. The van der Waals surface area contributed by atoms with E-state index < -0.39 is 12.1 Å². The number of hydrogen-bond acceptors (Lipinski definition) is 4. The molecule has 2 atom stereocenters. The van der Waals surface area contributed by atoms with Gasteiger partial charge in [0.25, 0.3) is 0 Å². The van der Waals surface area contributed by atoms with Crippen LogP contribution >= 0.6 is 15.9 Å². The average molecular weight is 423 g/mol. The van der Waals surface area contributed by atoms with Crippen molar-refractivity contribution in [3.05, 3.63) is 28.5 Å². The van der Waals surface area contributed by atoms with Gasteiger partial charge >= 0.3 is 6.09 Å². The number of rotatable bonds is 4. The van der Waals surface area contributed by atoms with Crippen LogP contribution in [0.5, 0.6) is 0 Å². The van der Waals surface area contributed by atoms with Crippen LogP contribution in [0.2, 0.25) is 0 Å². The molecular weight excluding hydrogens is 400 g/mol. The SMILES string of the molecule is COC(=O)N[C@H](C(=O)N1CCC[C@H]1c1nc2cc(Br)ccc2[nH]1)C(C)C. The number of carbonyl (C=O) groups is 2. The van der Waals surface area contributed by atoms with Crippen LogP contribution in [0, 0.1) is 5.92 Å². The lowest BCUT2D eigenvalue weighted by Crippen LogP contribution is -2.51. The minimum atomic E-state index is -0.624. The second-order valence-corrected chi connectivity index (χ2v) is 7.75. The molecule has 2 heterocycles. The number of nitrogens with zero attached hydrogens (tertiary/aromatic N) is 2. The first kappa shape index (κ1) is 18.7. The molecule has 8 heteroatoms. The number of methoxy groups -OCH3 is 1. The maximum absolute atomic E-state index is 13.1. The molecule has 2 aromatic rings. The van der Waals surface area contributed by atoms with Gasteiger partial charge in [0.05, 0.1) is 24.2 Å². The molecule has 1 aliphatic heterocycles. The second kappa shape index (κ2) is 7.65. The van der Waals surface area contributed by atoms with E-state index in [1.165, 1.54) is 7.11 Å². The summed E-state index contributed by atoms with van der Waals surface area (Å²) < 4.78 is 5.63. The maximum atomic E-state index is 13.1. The summed E-state index contributed by atoms with van der Waals surface area (Å²) in [5.41, 5.74) is 1.80. The van der Waals surface area contributed by atoms with Gasteiger partial charge in [0.15, 0.2) is 0 Å². The number of carbonyl (C=O) groups excluding carboxylic acids is 2. The molecule has 1 fully saturated rings. The van der Waals surface area contributed by atoms with Gasteiger partial charge in [-0.25, -0.2) is 9.78 Å². The predicted octanol–water partition coefficient (Wildman–Crippen LogP) is 3.37. The number of benzene rings is 1. The van der Waals surface area contributed by atoms with E-state index in [4.69, 9.17) is 0 Å². The molecule has 1 aromatic carbocycles. The third-order valence-electron chi connectivity index (χ3n) is 4.71. The van der Waals surface area contributed by atoms with Crippen LogP contribution in [0.15, 0.2) is 22.7 Å². The molecule has 0 saturated carbocycles. The highest BCUT2D eigenvalue weighted by molar-refractivity contribution is 9.10. The monoisotopic (exact) mass is 422 g/mol. The normalized spacial score (nSPS) is 18.3. The summed E-state index contributed by atoms with van der Waals surface area (Å²) in [5.74, 6) is 0.633. The number of alkyl carbamates (subject to hydrolysis) is 1. The molecule has 1 aromatic heterocycles. The van der Waals surface area contributed by atoms with Gasteiger partial charge in [-0.15, -0.1) is 0 Å². The van der Waals surface area contributed by atoms with Crippen LogP contribution in [0.3, 0.4) is 0 Å². The van der Waals surface area contributed by atoms with Crippen molar-refractivity contribution in [1.82, 2.24) is 20.2 Å². The van der Waals surface area contributed by atoms with Crippen LogP contribution in [0.1, 0.15) is 38.6 Å². The van der Waals surface area contributed by atoms with Crippen molar-refractivity contribution < 1.29 is 14.3 Å².